The first-order chi connectivity index (χ1) is 9.35. The van der Waals surface area contributed by atoms with Gasteiger partial charge in [0.25, 0.3) is 0 Å². The van der Waals surface area contributed by atoms with Crippen LogP contribution in [0.15, 0.2) is 18.2 Å². The molecule has 2 aliphatic rings. The van der Waals surface area contributed by atoms with E-state index in [9.17, 15) is 0 Å². The highest BCUT2D eigenvalue weighted by molar-refractivity contribution is 5.85. The molecule has 0 radical (unpaired) electrons. The Kier molecular flexibility index (Phi) is 2.66. The summed E-state index contributed by atoms with van der Waals surface area (Å²) in [5, 5.41) is 1.48. The molecular weight excluding hydrogens is 232 g/mol. The van der Waals surface area contributed by atoms with Crippen LogP contribution in [-0.2, 0) is 19.4 Å². The van der Waals surface area contributed by atoms with Gasteiger partial charge in [0.15, 0.2) is 0 Å². The van der Waals surface area contributed by atoms with E-state index in [0.717, 1.165) is 12.6 Å². The number of benzene rings is 1. The molecule has 0 amide bonds. The molecule has 1 aromatic heterocycles. The minimum atomic E-state index is 0.886. The Hall–Kier alpha value is -1.28. The van der Waals surface area contributed by atoms with E-state index in [-0.39, 0.29) is 0 Å². The lowest BCUT2D eigenvalue weighted by atomic mass is 10.0. The summed E-state index contributed by atoms with van der Waals surface area (Å²) in [5.74, 6) is 0. The number of H-pyrrole nitrogens is 1. The van der Waals surface area contributed by atoms with Gasteiger partial charge in [-0.2, -0.15) is 0 Å². The van der Waals surface area contributed by atoms with Crippen LogP contribution in [0.25, 0.3) is 10.9 Å². The lowest BCUT2D eigenvalue weighted by molar-refractivity contribution is 0.244. The molecule has 0 spiro atoms. The summed E-state index contributed by atoms with van der Waals surface area (Å²) in [5.41, 5.74) is 5.88. The van der Waals surface area contributed by atoms with Gasteiger partial charge in [0.1, 0.15) is 0 Å². The smallest absolute Gasteiger partial charge is 0.0459 e. The third-order valence-corrected chi connectivity index (χ3v) is 4.67. The molecule has 2 aromatic rings. The second-order valence-electron chi connectivity index (χ2n) is 6.16. The quantitative estimate of drug-likeness (QED) is 0.886. The highest BCUT2D eigenvalue weighted by atomic mass is 15.2. The van der Waals surface area contributed by atoms with Crippen molar-refractivity contribution in [2.24, 2.45) is 0 Å². The zero-order chi connectivity index (χ0) is 12.8. The number of fused-ring (bicyclic) bond motifs is 3. The molecule has 4 rings (SSSR count). The van der Waals surface area contributed by atoms with Gasteiger partial charge in [0, 0.05) is 42.1 Å². The van der Waals surface area contributed by atoms with Crippen LogP contribution in [0, 0.1) is 0 Å². The summed E-state index contributed by atoms with van der Waals surface area (Å²) >= 11 is 0. The Balaban J connectivity index is 1.75. The normalized spacial score (nSPS) is 19.8. The molecule has 1 aliphatic heterocycles. The van der Waals surface area contributed by atoms with Crippen LogP contribution in [0.5, 0.6) is 0 Å². The first-order valence-corrected chi connectivity index (χ1v) is 7.71. The van der Waals surface area contributed by atoms with Crippen LogP contribution >= 0.6 is 0 Å². The summed E-state index contributed by atoms with van der Waals surface area (Å²) in [6, 6.07) is 7.87. The van der Waals surface area contributed by atoms with Crippen LogP contribution < -0.4 is 0 Å². The lowest BCUT2D eigenvalue weighted by Crippen LogP contribution is -2.31. The Morgan fingerprint density at radius 1 is 1.32 bits per heavy atom. The maximum atomic E-state index is 3.64. The number of aryl methyl sites for hydroxylation is 1. The number of hydrogen-bond donors (Lipinski definition) is 1. The summed E-state index contributed by atoms with van der Waals surface area (Å²) < 4.78 is 0. The minimum absolute atomic E-state index is 0.886. The third-order valence-electron chi connectivity index (χ3n) is 4.67. The minimum Gasteiger partial charge on any atom is -0.358 e. The molecule has 1 saturated carbocycles. The SMILES string of the molecule is CCCc1ccc2[nH]c3c(c2c1)CN(C1CC1)CC3. The molecule has 0 saturated heterocycles. The monoisotopic (exact) mass is 254 g/mol. The van der Waals surface area contributed by atoms with Crippen LogP contribution in [0.1, 0.15) is 43.0 Å². The fourth-order valence-electron chi connectivity index (χ4n) is 3.48. The molecule has 2 heterocycles. The molecule has 2 nitrogen and oxygen atoms in total. The maximum absolute atomic E-state index is 3.64. The molecule has 0 bridgehead atoms. The van der Waals surface area contributed by atoms with Crippen molar-refractivity contribution in [2.75, 3.05) is 6.54 Å². The second kappa shape index (κ2) is 4.38. The predicted octanol–water partition coefficient (Wildman–Crippen LogP) is 3.64. The van der Waals surface area contributed by atoms with Gasteiger partial charge in [-0.1, -0.05) is 19.4 Å². The van der Waals surface area contributed by atoms with Crippen LogP contribution in [0.4, 0.5) is 0 Å². The molecule has 0 atom stereocenters. The van der Waals surface area contributed by atoms with Crippen LogP contribution in [-0.4, -0.2) is 22.5 Å². The molecule has 19 heavy (non-hydrogen) atoms. The lowest BCUT2D eigenvalue weighted by Gasteiger charge is -2.26. The van der Waals surface area contributed by atoms with E-state index in [1.54, 1.807) is 5.56 Å². The zero-order valence-corrected chi connectivity index (χ0v) is 11.7. The number of rotatable bonds is 3. The van der Waals surface area contributed by atoms with Gasteiger partial charge in [-0.3, -0.25) is 4.90 Å². The Bertz CT molecular complexity index is 607. The van der Waals surface area contributed by atoms with E-state index < -0.39 is 0 Å². The van der Waals surface area contributed by atoms with Gasteiger partial charge < -0.3 is 4.98 Å². The van der Waals surface area contributed by atoms with Crippen molar-refractivity contribution in [3.63, 3.8) is 0 Å². The maximum Gasteiger partial charge on any atom is 0.0459 e. The average molecular weight is 254 g/mol. The van der Waals surface area contributed by atoms with Crippen molar-refractivity contribution in [3.05, 3.63) is 35.0 Å². The number of aromatic nitrogens is 1. The van der Waals surface area contributed by atoms with E-state index in [1.807, 2.05) is 0 Å². The Labute approximate surface area is 114 Å². The van der Waals surface area contributed by atoms with Crippen molar-refractivity contribution < 1.29 is 0 Å². The Morgan fingerprint density at radius 2 is 2.21 bits per heavy atom. The van der Waals surface area contributed by atoms with Crippen molar-refractivity contribution >= 4 is 10.9 Å². The van der Waals surface area contributed by atoms with Crippen molar-refractivity contribution in [1.29, 1.82) is 0 Å². The van der Waals surface area contributed by atoms with E-state index in [0.29, 0.717) is 0 Å². The van der Waals surface area contributed by atoms with Crippen LogP contribution in [0.3, 0.4) is 0 Å². The largest absolute Gasteiger partial charge is 0.358 e. The van der Waals surface area contributed by atoms with Crippen molar-refractivity contribution in [3.8, 4) is 0 Å². The topological polar surface area (TPSA) is 19.0 Å². The Morgan fingerprint density at radius 3 is 3.00 bits per heavy atom. The standard InChI is InChI=1S/C17H22N2/c1-2-3-12-4-7-16-14(10-12)15-11-19(13-5-6-13)9-8-17(15)18-16/h4,7,10,13,18H,2-3,5-6,8-9,11H2,1H3. The van der Waals surface area contributed by atoms with Gasteiger partial charge >= 0.3 is 0 Å². The zero-order valence-electron chi connectivity index (χ0n) is 11.7. The van der Waals surface area contributed by atoms with Crippen molar-refractivity contribution in [1.82, 2.24) is 9.88 Å². The van der Waals surface area contributed by atoms with E-state index >= 15 is 0 Å². The fourth-order valence-corrected chi connectivity index (χ4v) is 3.48. The summed E-state index contributed by atoms with van der Waals surface area (Å²) in [4.78, 5) is 6.32. The van der Waals surface area contributed by atoms with Gasteiger partial charge in [-0.15, -0.1) is 0 Å². The van der Waals surface area contributed by atoms with Gasteiger partial charge in [0.2, 0.25) is 0 Å². The number of aromatic amines is 1. The molecule has 2 heteroatoms. The molecule has 1 N–H and O–H groups in total. The molecular formula is C17H22N2. The highest BCUT2D eigenvalue weighted by Gasteiger charge is 2.32. The van der Waals surface area contributed by atoms with Crippen molar-refractivity contribution in [2.45, 2.75) is 51.6 Å². The summed E-state index contributed by atoms with van der Waals surface area (Å²) in [6.07, 6.45) is 6.45. The first kappa shape index (κ1) is 11.5. The number of nitrogens with one attached hydrogen (secondary N) is 1. The van der Waals surface area contributed by atoms with Gasteiger partial charge in [0.05, 0.1) is 0 Å². The van der Waals surface area contributed by atoms with E-state index in [4.69, 9.17) is 0 Å². The average Bonchev–Trinajstić information content (AvgIpc) is 3.21. The van der Waals surface area contributed by atoms with E-state index in [2.05, 4.69) is 35.0 Å². The predicted molar refractivity (Wildman–Crippen MR) is 79.4 cm³/mol. The molecule has 1 fully saturated rings. The van der Waals surface area contributed by atoms with Gasteiger partial charge in [-0.05, 0) is 42.5 Å². The fraction of sp³-hybridized carbons (Fsp3) is 0.529. The van der Waals surface area contributed by atoms with E-state index in [1.165, 1.54) is 60.8 Å². The van der Waals surface area contributed by atoms with Crippen LogP contribution in [0.2, 0.25) is 0 Å². The molecule has 1 aromatic carbocycles. The second-order valence-corrected chi connectivity index (χ2v) is 6.16. The molecule has 0 unspecified atom stereocenters. The number of nitrogens with zero attached hydrogens (tertiary/aromatic N) is 1. The number of hydrogen-bond acceptors (Lipinski definition) is 1. The molecule has 1 aliphatic carbocycles. The first-order valence-electron chi connectivity index (χ1n) is 7.71. The summed E-state index contributed by atoms with van der Waals surface area (Å²) in [7, 11) is 0. The highest BCUT2D eigenvalue weighted by Crippen LogP contribution is 2.34. The third kappa shape index (κ3) is 1.99. The summed E-state index contributed by atoms with van der Waals surface area (Å²) in [6.45, 7) is 4.66. The molecule has 100 valence electrons. The van der Waals surface area contributed by atoms with Gasteiger partial charge in [-0.25, -0.2) is 0 Å².